The van der Waals surface area contributed by atoms with Crippen molar-refractivity contribution in [3.8, 4) is 5.75 Å². The first kappa shape index (κ1) is 23.8. The van der Waals surface area contributed by atoms with E-state index in [0.717, 1.165) is 26.1 Å². The topological polar surface area (TPSA) is 62.9 Å². The third kappa shape index (κ3) is 9.50. The highest BCUT2D eigenvalue weighted by molar-refractivity contribution is 14.0. The zero-order valence-corrected chi connectivity index (χ0v) is 18.0. The Labute approximate surface area is 175 Å². The third-order valence-electron chi connectivity index (χ3n) is 4.11. The lowest BCUT2D eigenvalue weighted by atomic mass is 9.97. The molecule has 2 rings (SSSR count). The van der Waals surface area contributed by atoms with Gasteiger partial charge in [-0.2, -0.15) is 0 Å². The van der Waals surface area contributed by atoms with Crippen LogP contribution in [-0.2, 0) is 0 Å². The molecule has 1 unspecified atom stereocenters. The monoisotopic (exact) mass is 500 g/mol. The van der Waals surface area contributed by atoms with Crippen LogP contribution < -0.4 is 15.8 Å². The largest absolute Gasteiger partial charge is 0.573 e. The highest BCUT2D eigenvalue weighted by Gasteiger charge is 2.30. The highest BCUT2D eigenvalue weighted by Crippen LogP contribution is 2.24. The molecule has 5 nitrogen and oxygen atoms in total. The summed E-state index contributed by atoms with van der Waals surface area (Å²) in [6, 6.07) is 5.39. The molecule has 1 aliphatic heterocycles. The standard InChI is InChI=1S/C18H27F3N4O.HI/c1-13(2)11-25-9-3-4-14(12-25)10-23-17(22)24-15-5-7-16(8-6-15)26-18(19,20)21;/h5-8,13-14H,3-4,9-12H2,1-2H3,(H3,22,23,24);1H. The van der Waals surface area contributed by atoms with Gasteiger partial charge in [-0.3, -0.25) is 4.99 Å². The molecule has 0 aliphatic carbocycles. The van der Waals surface area contributed by atoms with Gasteiger partial charge in [0.15, 0.2) is 5.96 Å². The van der Waals surface area contributed by atoms with E-state index in [-0.39, 0.29) is 35.7 Å². The van der Waals surface area contributed by atoms with Crippen molar-refractivity contribution >= 4 is 35.6 Å². The predicted octanol–water partition coefficient (Wildman–Crippen LogP) is 4.30. The number of guanidine groups is 1. The van der Waals surface area contributed by atoms with Crippen LogP contribution in [0.2, 0.25) is 0 Å². The number of benzene rings is 1. The van der Waals surface area contributed by atoms with E-state index in [2.05, 4.69) is 33.8 Å². The number of nitrogens with zero attached hydrogens (tertiary/aromatic N) is 2. The van der Waals surface area contributed by atoms with Crippen LogP contribution in [0.15, 0.2) is 29.3 Å². The number of ether oxygens (including phenoxy) is 1. The fraction of sp³-hybridized carbons (Fsp3) is 0.611. The Bertz CT molecular complexity index is 593. The van der Waals surface area contributed by atoms with E-state index in [1.807, 2.05) is 0 Å². The summed E-state index contributed by atoms with van der Waals surface area (Å²) in [4.78, 5) is 6.85. The number of rotatable bonds is 6. The minimum absolute atomic E-state index is 0. The Hall–Kier alpha value is -1.23. The number of halogens is 4. The number of likely N-dealkylation sites (tertiary alicyclic amines) is 1. The quantitative estimate of drug-likeness (QED) is 0.348. The molecule has 1 aromatic rings. The van der Waals surface area contributed by atoms with Crippen molar-refractivity contribution in [1.29, 1.82) is 0 Å². The zero-order chi connectivity index (χ0) is 19.2. The van der Waals surface area contributed by atoms with Gasteiger partial charge in [0, 0.05) is 25.3 Å². The highest BCUT2D eigenvalue weighted by atomic mass is 127. The maximum absolute atomic E-state index is 12.1. The maximum Gasteiger partial charge on any atom is 0.573 e. The average Bonchev–Trinajstić information content (AvgIpc) is 2.53. The molecule has 3 N–H and O–H groups in total. The fourth-order valence-corrected chi connectivity index (χ4v) is 3.14. The van der Waals surface area contributed by atoms with Gasteiger partial charge in [0.05, 0.1) is 0 Å². The third-order valence-corrected chi connectivity index (χ3v) is 4.11. The molecule has 154 valence electrons. The molecule has 1 aromatic carbocycles. The smallest absolute Gasteiger partial charge is 0.406 e. The SMILES string of the molecule is CC(C)CN1CCCC(CN=C(N)Nc2ccc(OC(F)(F)F)cc2)C1.I. The molecule has 27 heavy (non-hydrogen) atoms. The van der Waals surface area contributed by atoms with Crippen LogP contribution in [0.1, 0.15) is 26.7 Å². The van der Waals surface area contributed by atoms with Crippen LogP contribution >= 0.6 is 24.0 Å². The molecule has 0 aromatic heterocycles. The molecule has 0 radical (unpaired) electrons. The van der Waals surface area contributed by atoms with Crippen molar-refractivity contribution in [2.45, 2.75) is 33.1 Å². The summed E-state index contributed by atoms with van der Waals surface area (Å²) in [6.07, 6.45) is -2.39. The lowest BCUT2D eigenvalue weighted by molar-refractivity contribution is -0.274. The number of nitrogens with one attached hydrogen (secondary N) is 1. The number of hydrogen-bond acceptors (Lipinski definition) is 3. The maximum atomic E-state index is 12.1. The molecule has 1 aliphatic rings. The minimum atomic E-state index is -4.70. The molecule has 1 saturated heterocycles. The van der Waals surface area contributed by atoms with Crippen molar-refractivity contribution in [3.05, 3.63) is 24.3 Å². The molecule has 0 bridgehead atoms. The number of anilines is 1. The summed E-state index contributed by atoms with van der Waals surface area (Å²) in [5.74, 6) is 1.11. The van der Waals surface area contributed by atoms with Gasteiger partial charge in [-0.1, -0.05) is 13.8 Å². The van der Waals surface area contributed by atoms with E-state index in [1.54, 1.807) is 0 Å². The van der Waals surface area contributed by atoms with E-state index in [1.165, 1.54) is 30.7 Å². The summed E-state index contributed by atoms with van der Waals surface area (Å²) >= 11 is 0. The van der Waals surface area contributed by atoms with Gasteiger partial charge in [-0.05, 0) is 55.5 Å². The van der Waals surface area contributed by atoms with Gasteiger partial charge in [-0.25, -0.2) is 0 Å². The molecule has 0 saturated carbocycles. The average molecular weight is 500 g/mol. The van der Waals surface area contributed by atoms with Gasteiger partial charge in [0.1, 0.15) is 5.75 Å². The second kappa shape index (κ2) is 10.9. The minimum Gasteiger partial charge on any atom is -0.406 e. The first-order chi connectivity index (χ1) is 12.2. The molecule has 1 fully saturated rings. The predicted molar refractivity (Wildman–Crippen MR) is 113 cm³/mol. The van der Waals surface area contributed by atoms with Gasteiger partial charge in [-0.15, -0.1) is 37.1 Å². The van der Waals surface area contributed by atoms with Crippen molar-refractivity contribution in [3.63, 3.8) is 0 Å². The van der Waals surface area contributed by atoms with E-state index < -0.39 is 6.36 Å². The summed E-state index contributed by atoms with van der Waals surface area (Å²) in [5.41, 5.74) is 6.45. The molecule has 0 spiro atoms. The van der Waals surface area contributed by atoms with Gasteiger partial charge in [0.25, 0.3) is 0 Å². The van der Waals surface area contributed by atoms with Crippen LogP contribution in [0.4, 0.5) is 18.9 Å². The van der Waals surface area contributed by atoms with Crippen LogP contribution in [0, 0.1) is 11.8 Å². The fourth-order valence-electron chi connectivity index (χ4n) is 3.14. The second-order valence-electron chi connectivity index (χ2n) is 7.08. The Morgan fingerprint density at radius 2 is 2.00 bits per heavy atom. The van der Waals surface area contributed by atoms with Crippen molar-refractivity contribution in [2.75, 3.05) is 31.5 Å². The van der Waals surface area contributed by atoms with E-state index in [0.29, 0.717) is 24.1 Å². The van der Waals surface area contributed by atoms with Gasteiger partial charge >= 0.3 is 6.36 Å². The molecule has 9 heteroatoms. The summed E-state index contributed by atoms with van der Waals surface area (Å²) in [5, 5.41) is 2.89. The van der Waals surface area contributed by atoms with Gasteiger partial charge < -0.3 is 20.7 Å². The Balaban J connectivity index is 0.00000364. The lowest BCUT2D eigenvalue weighted by Gasteiger charge is -2.33. The Kier molecular flexibility index (Phi) is 9.65. The molecule has 0 amide bonds. The summed E-state index contributed by atoms with van der Waals surface area (Å²) in [7, 11) is 0. The number of aliphatic imine (C=N–C) groups is 1. The first-order valence-electron chi connectivity index (χ1n) is 8.86. The van der Waals surface area contributed by atoms with Crippen molar-refractivity contribution in [1.82, 2.24) is 4.90 Å². The molecule has 1 atom stereocenters. The lowest BCUT2D eigenvalue weighted by Crippen LogP contribution is -2.39. The Morgan fingerprint density at radius 1 is 1.33 bits per heavy atom. The van der Waals surface area contributed by atoms with Crippen LogP contribution in [0.25, 0.3) is 0 Å². The summed E-state index contributed by atoms with van der Waals surface area (Å²) in [6.45, 7) is 8.34. The van der Waals surface area contributed by atoms with Crippen LogP contribution in [-0.4, -0.2) is 43.4 Å². The van der Waals surface area contributed by atoms with Gasteiger partial charge in [0.2, 0.25) is 0 Å². The van der Waals surface area contributed by atoms with Crippen molar-refractivity contribution in [2.24, 2.45) is 22.6 Å². The number of nitrogens with two attached hydrogens (primary N) is 1. The summed E-state index contributed by atoms with van der Waals surface area (Å²) < 4.78 is 40.3. The van der Waals surface area contributed by atoms with E-state index in [4.69, 9.17) is 5.73 Å². The van der Waals surface area contributed by atoms with E-state index >= 15 is 0 Å². The normalized spacial score (nSPS) is 18.9. The Morgan fingerprint density at radius 3 is 2.59 bits per heavy atom. The molecular weight excluding hydrogens is 472 g/mol. The number of hydrogen-bond donors (Lipinski definition) is 2. The van der Waals surface area contributed by atoms with Crippen LogP contribution in [0.3, 0.4) is 0 Å². The number of alkyl halides is 3. The van der Waals surface area contributed by atoms with Crippen molar-refractivity contribution < 1.29 is 17.9 Å². The number of piperidine rings is 1. The van der Waals surface area contributed by atoms with E-state index in [9.17, 15) is 13.2 Å². The molecular formula is C18H28F3IN4O. The zero-order valence-electron chi connectivity index (χ0n) is 15.6. The molecule has 1 heterocycles. The first-order valence-corrected chi connectivity index (χ1v) is 8.86. The van der Waals surface area contributed by atoms with Crippen LogP contribution in [0.5, 0.6) is 5.75 Å². The second-order valence-corrected chi connectivity index (χ2v) is 7.08.